The number of hydrogen-bond donors (Lipinski definition) is 0. The van der Waals surface area contributed by atoms with E-state index >= 15 is 0 Å². The summed E-state index contributed by atoms with van der Waals surface area (Å²) in [5.41, 5.74) is 9.01. The van der Waals surface area contributed by atoms with E-state index in [2.05, 4.69) is 117 Å². The lowest BCUT2D eigenvalue weighted by Gasteiger charge is -2.43. The van der Waals surface area contributed by atoms with Gasteiger partial charge in [-0.1, -0.05) is 64.3 Å². The quantitative estimate of drug-likeness (QED) is 0.184. The Morgan fingerprint density at radius 3 is 0.818 bits per heavy atom. The predicted octanol–water partition coefficient (Wildman–Crippen LogP) is 9.75. The van der Waals surface area contributed by atoms with Gasteiger partial charge in [0.05, 0.1) is 0 Å². The Kier molecular flexibility index (Phi) is 12.1. The van der Waals surface area contributed by atoms with Crippen molar-refractivity contribution < 1.29 is 37.9 Å². The third kappa shape index (κ3) is 11.6. The van der Waals surface area contributed by atoms with Crippen molar-refractivity contribution in [2.75, 3.05) is 0 Å². The molecule has 0 bridgehead atoms. The van der Waals surface area contributed by atoms with E-state index in [1.807, 2.05) is 0 Å². The topological polar surface area (TPSA) is 73.8 Å². The Morgan fingerprint density at radius 1 is 0.432 bits per heavy atom. The number of rotatable bonds is 0. The van der Waals surface area contributed by atoms with E-state index in [1.54, 1.807) is 0 Å². The molecule has 0 radical (unpaired) electrons. The molecule has 0 amide bonds. The monoisotopic (exact) mass is 688 g/mol. The van der Waals surface area contributed by atoms with Crippen LogP contribution in [0.4, 0.5) is 0 Å². The minimum Gasteiger partial charge on any atom is -0.279 e. The van der Waals surface area contributed by atoms with Crippen molar-refractivity contribution in [3.63, 3.8) is 0 Å². The lowest BCUT2D eigenvalue weighted by atomic mass is 9.71. The van der Waals surface area contributed by atoms with Crippen LogP contribution >= 0.6 is 0 Å². The van der Waals surface area contributed by atoms with Gasteiger partial charge < -0.3 is 0 Å². The Hall–Kier alpha value is 0.0275. The first-order valence-electron chi connectivity index (χ1n) is 16.7. The van der Waals surface area contributed by atoms with Gasteiger partial charge in [-0.05, 0) is 101 Å². The fraction of sp³-hybridized carbons (Fsp3) is 0.875. The van der Waals surface area contributed by atoms with Crippen LogP contribution in [0.25, 0.3) is 0 Å². The van der Waals surface area contributed by atoms with Gasteiger partial charge in [0.25, 0.3) is 33.3 Å². The Bertz CT molecular complexity index is 869. The lowest BCUT2D eigenvalue weighted by molar-refractivity contribution is -0.474. The Balaban J connectivity index is 1.87. The van der Waals surface area contributed by atoms with Crippen molar-refractivity contribution in [1.29, 1.82) is 0 Å². The van der Waals surface area contributed by atoms with Gasteiger partial charge >= 0.3 is 0 Å². The molecule has 256 valence electrons. The van der Waals surface area contributed by atoms with Crippen LogP contribution < -0.4 is 0 Å². The van der Waals surface area contributed by atoms with Crippen molar-refractivity contribution in [1.82, 2.24) is 0 Å². The first kappa shape index (κ1) is 38.5. The molecule has 1 heterocycles. The third-order valence-electron chi connectivity index (χ3n) is 9.35. The molecule has 0 unspecified atom stereocenters. The minimum atomic E-state index is -2.41. The summed E-state index contributed by atoms with van der Waals surface area (Å²) in [6.07, 6.45) is 6.79. The highest BCUT2D eigenvalue weighted by molar-refractivity contribution is 6.82. The lowest BCUT2D eigenvalue weighted by Crippen LogP contribution is -2.48. The fourth-order valence-electron chi connectivity index (χ4n) is 5.86. The molecule has 2 saturated carbocycles. The standard InChI is InChI=1S/C32H64O8Si4/c1-29(2,3)27-15-19-31(20-16-27)33-37-41(7,8)23-25-43(11,12)39-35-32(21-17-28(18-22-32)30(4,5)6)36-40-44(13,14)26-24-42(9,10)38-34-31/h23-28H,15-22H2,1-14H3/b25-23+,26-24+. The van der Waals surface area contributed by atoms with Gasteiger partial charge in [-0.25, -0.2) is 19.6 Å². The first-order valence-corrected chi connectivity index (χ1v) is 28.7. The highest BCUT2D eigenvalue weighted by Gasteiger charge is 2.47. The Morgan fingerprint density at radius 2 is 0.636 bits per heavy atom. The molecule has 1 aliphatic heterocycles. The molecule has 3 aliphatic rings. The minimum absolute atomic E-state index is 0.230. The van der Waals surface area contributed by atoms with Gasteiger partial charge in [0.1, 0.15) is 0 Å². The molecule has 3 rings (SSSR count). The van der Waals surface area contributed by atoms with Gasteiger partial charge in [0, 0.05) is 25.7 Å². The molecular weight excluding hydrogens is 625 g/mol. The maximum Gasteiger partial charge on any atom is 0.256 e. The third-order valence-corrected chi connectivity index (χ3v) is 15.9. The summed E-state index contributed by atoms with van der Waals surface area (Å²) in [4.78, 5) is 25.2. The maximum atomic E-state index is 6.29. The smallest absolute Gasteiger partial charge is 0.256 e. The zero-order valence-corrected chi connectivity index (χ0v) is 34.4. The van der Waals surface area contributed by atoms with E-state index in [-0.39, 0.29) is 10.8 Å². The maximum absolute atomic E-state index is 6.29. The van der Waals surface area contributed by atoms with E-state index in [0.717, 1.165) is 25.7 Å². The van der Waals surface area contributed by atoms with Gasteiger partial charge in [0.2, 0.25) is 11.6 Å². The fourth-order valence-corrected chi connectivity index (χ4v) is 14.0. The van der Waals surface area contributed by atoms with Gasteiger partial charge in [-0.3, -0.25) is 18.3 Å². The number of hydrogen-bond acceptors (Lipinski definition) is 8. The summed E-state index contributed by atoms with van der Waals surface area (Å²) >= 11 is 0. The van der Waals surface area contributed by atoms with Crippen LogP contribution in [0.3, 0.4) is 0 Å². The zero-order valence-electron chi connectivity index (χ0n) is 30.4. The van der Waals surface area contributed by atoms with Crippen molar-refractivity contribution in [2.24, 2.45) is 22.7 Å². The van der Waals surface area contributed by atoms with Crippen LogP contribution in [-0.2, 0) is 37.9 Å². The predicted molar refractivity (Wildman–Crippen MR) is 185 cm³/mol. The summed E-state index contributed by atoms with van der Waals surface area (Å²) in [7, 11) is -9.65. The second-order valence-corrected chi connectivity index (χ2v) is 32.7. The van der Waals surface area contributed by atoms with Crippen molar-refractivity contribution in [3.05, 3.63) is 22.8 Å². The van der Waals surface area contributed by atoms with Crippen molar-refractivity contribution in [3.8, 4) is 0 Å². The molecule has 2 aliphatic carbocycles. The largest absolute Gasteiger partial charge is 0.279 e. The molecule has 0 aromatic rings. The van der Waals surface area contributed by atoms with Crippen LogP contribution in [0, 0.1) is 22.7 Å². The average Bonchev–Trinajstić information content (AvgIpc) is 2.91. The molecule has 8 nitrogen and oxygen atoms in total. The second-order valence-electron chi connectivity index (χ2n) is 17.8. The van der Waals surface area contributed by atoms with Gasteiger partial charge in [0.15, 0.2) is 0 Å². The molecule has 12 heteroatoms. The summed E-state index contributed by atoms with van der Waals surface area (Å²) in [5, 5.41) is 0. The highest BCUT2D eigenvalue weighted by atomic mass is 28.4. The van der Waals surface area contributed by atoms with Crippen LogP contribution in [-0.4, -0.2) is 44.8 Å². The van der Waals surface area contributed by atoms with E-state index in [4.69, 9.17) is 37.9 Å². The van der Waals surface area contributed by atoms with Crippen molar-refractivity contribution in [2.45, 2.75) is 157 Å². The second kappa shape index (κ2) is 13.9. The molecule has 0 aromatic carbocycles. The summed E-state index contributed by atoms with van der Waals surface area (Å²) in [5.74, 6) is -0.714. The highest BCUT2D eigenvalue weighted by Crippen LogP contribution is 2.46. The summed E-state index contributed by atoms with van der Waals surface area (Å²) in [6.45, 7) is 30.8. The summed E-state index contributed by atoms with van der Waals surface area (Å²) in [6, 6.07) is 0. The zero-order chi connectivity index (χ0) is 33.3. The van der Waals surface area contributed by atoms with Crippen LogP contribution in [0.1, 0.15) is 92.9 Å². The van der Waals surface area contributed by atoms with E-state index < -0.39 is 44.8 Å². The van der Waals surface area contributed by atoms with Crippen LogP contribution in [0.2, 0.25) is 52.4 Å². The molecule has 2 spiro atoms. The molecule has 0 N–H and O–H groups in total. The van der Waals surface area contributed by atoms with E-state index in [0.29, 0.717) is 37.5 Å². The molecule has 44 heavy (non-hydrogen) atoms. The molecule has 0 atom stereocenters. The average molecular weight is 689 g/mol. The molecular formula is C32H64O8Si4. The van der Waals surface area contributed by atoms with Gasteiger partial charge in [-0.2, -0.15) is 0 Å². The van der Waals surface area contributed by atoms with Crippen LogP contribution in [0.15, 0.2) is 22.8 Å². The molecule has 0 aromatic heterocycles. The normalized spacial score (nSPS) is 37.1. The van der Waals surface area contributed by atoms with E-state index in [9.17, 15) is 0 Å². The Labute approximate surface area is 272 Å². The molecule has 2 fully saturated rings. The summed E-state index contributed by atoms with van der Waals surface area (Å²) < 4.78 is 25.1. The first-order chi connectivity index (χ1) is 19.9. The van der Waals surface area contributed by atoms with E-state index in [1.165, 1.54) is 0 Å². The molecule has 0 saturated heterocycles. The van der Waals surface area contributed by atoms with Crippen LogP contribution in [0.5, 0.6) is 0 Å². The van der Waals surface area contributed by atoms with Gasteiger partial charge in [-0.15, -0.1) is 0 Å². The SMILES string of the molecule is CC(C)(C)C1CCC2(CC1)OO[Si](C)(C)/C=C/[Si](C)(C)OOC1(CCC(C(C)(C)C)CC1)OO[Si](C)(C)/C=C/[Si](C)(C)OO2. The van der Waals surface area contributed by atoms with Crippen molar-refractivity contribution >= 4 is 33.3 Å².